The van der Waals surface area contributed by atoms with Gasteiger partial charge in [0.1, 0.15) is 0 Å². The van der Waals surface area contributed by atoms with E-state index >= 15 is 0 Å². The molecule has 3 aliphatic rings. The summed E-state index contributed by atoms with van der Waals surface area (Å²) in [7, 11) is 0. The lowest BCUT2D eigenvalue weighted by atomic mass is 9.50. The Kier molecular flexibility index (Phi) is 4.20. The van der Waals surface area contributed by atoms with E-state index in [4.69, 9.17) is 9.47 Å². The summed E-state index contributed by atoms with van der Waals surface area (Å²) in [5.41, 5.74) is 1.28. The zero-order valence-electron chi connectivity index (χ0n) is 16.2. The molecule has 0 spiro atoms. The van der Waals surface area contributed by atoms with Gasteiger partial charge < -0.3 is 19.7 Å². The van der Waals surface area contributed by atoms with Crippen molar-refractivity contribution in [3.8, 4) is 11.5 Å². The van der Waals surface area contributed by atoms with Crippen molar-refractivity contribution < 1.29 is 38.9 Å². The van der Waals surface area contributed by atoms with Crippen molar-refractivity contribution in [3.63, 3.8) is 0 Å². The first-order valence-electron chi connectivity index (χ1n) is 9.22. The smallest absolute Gasteiger partial charge is 0.336 e. The zero-order valence-corrected chi connectivity index (χ0v) is 16.2. The van der Waals surface area contributed by atoms with Gasteiger partial charge in [0, 0.05) is 10.8 Å². The van der Waals surface area contributed by atoms with Crippen LogP contribution in [0.3, 0.4) is 0 Å². The monoisotopic (exact) mass is 410 g/mol. The predicted molar refractivity (Wildman–Crippen MR) is 102 cm³/mol. The number of fused-ring (bicyclic) bond motifs is 1. The molecular weight excluding hydrogens is 392 g/mol. The molecule has 5 rings (SSSR count). The van der Waals surface area contributed by atoms with E-state index in [1.165, 1.54) is 12.1 Å². The van der Waals surface area contributed by atoms with Gasteiger partial charge in [0.05, 0.1) is 11.1 Å². The maximum absolute atomic E-state index is 11.7. The second-order valence-corrected chi connectivity index (χ2v) is 7.99. The third kappa shape index (κ3) is 2.46. The van der Waals surface area contributed by atoms with Crippen LogP contribution in [-0.4, -0.2) is 35.1 Å². The van der Waals surface area contributed by atoms with Gasteiger partial charge in [0.2, 0.25) is 0 Å². The molecule has 0 radical (unpaired) electrons. The third-order valence-electron chi connectivity index (χ3n) is 6.56. The summed E-state index contributed by atoms with van der Waals surface area (Å²) in [6.07, 6.45) is 1.37. The SMILES string of the molecule is CC12CCC(C)(c3cc(OC=O)c(OC=O)cc31)c1cc(C(=O)O)c(C(=O)O)cc12. The number of aromatic carboxylic acids is 2. The lowest BCUT2D eigenvalue weighted by molar-refractivity contribution is -0.123. The average molecular weight is 410 g/mol. The fraction of sp³-hybridized carbons (Fsp3) is 0.273. The predicted octanol–water partition coefficient (Wildman–Crippen LogP) is 2.87. The Morgan fingerprint density at radius 1 is 0.767 bits per heavy atom. The van der Waals surface area contributed by atoms with Crippen LogP contribution in [0.5, 0.6) is 11.5 Å². The van der Waals surface area contributed by atoms with Gasteiger partial charge in [0.25, 0.3) is 12.9 Å². The summed E-state index contributed by atoms with van der Waals surface area (Å²) in [4.78, 5) is 45.3. The fourth-order valence-corrected chi connectivity index (χ4v) is 4.96. The van der Waals surface area contributed by atoms with E-state index in [2.05, 4.69) is 0 Å². The molecule has 154 valence electrons. The van der Waals surface area contributed by atoms with Gasteiger partial charge >= 0.3 is 11.9 Å². The molecule has 30 heavy (non-hydrogen) atoms. The highest BCUT2D eigenvalue weighted by molar-refractivity contribution is 6.02. The van der Waals surface area contributed by atoms with Crippen LogP contribution in [0.2, 0.25) is 0 Å². The number of carbonyl (C=O) groups is 4. The molecule has 0 amide bonds. The largest absolute Gasteiger partial charge is 0.478 e. The van der Waals surface area contributed by atoms with Crippen molar-refractivity contribution >= 4 is 24.9 Å². The van der Waals surface area contributed by atoms with Crippen molar-refractivity contribution in [2.45, 2.75) is 37.5 Å². The lowest BCUT2D eigenvalue weighted by Crippen LogP contribution is -2.46. The van der Waals surface area contributed by atoms with Crippen LogP contribution in [0, 0.1) is 0 Å². The number of hydrogen-bond donors (Lipinski definition) is 2. The van der Waals surface area contributed by atoms with Gasteiger partial charge in [-0.25, -0.2) is 9.59 Å². The molecule has 0 heterocycles. The first-order chi connectivity index (χ1) is 14.2. The molecule has 0 fully saturated rings. The Morgan fingerprint density at radius 2 is 1.10 bits per heavy atom. The summed E-state index contributed by atoms with van der Waals surface area (Å²) in [6, 6.07) is 6.15. The van der Waals surface area contributed by atoms with Crippen LogP contribution in [0.15, 0.2) is 24.3 Å². The first kappa shape index (κ1) is 19.6. The fourth-order valence-electron chi connectivity index (χ4n) is 4.96. The summed E-state index contributed by atoms with van der Waals surface area (Å²) in [5.74, 6) is -2.47. The maximum Gasteiger partial charge on any atom is 0.336 e. The normalized spacial score (nSPS) is 23.1. The summed E-state index contributed by atoms with van der Waals surface area (Å²) < 4.78 is 10.0. The Labute approximate surface area is 171 Å². The molecule has 2 N–H and O–H groups in total. The van der Waals surface area contributed by atoms with Crippen LogP contribution in [0.25, 0.3) is 0 Å². The lowest BCUT2D eigenvalue weighted by Gasteiger charge is -2.53. The molecule has 2 bridgehead atoms. The van der Waals surface area contributed by atoms with Crippen LogP contribution in [0.1, 0.15) is 69.7 Å². The van der Waals surface area contributed by atoms with E-state index in [0.717, 1.165) is 22.3 Å². The molecule has 8 nitrogen and oxygen atoms in total. The number of ether oxygens (including phenoxy) is 2. The van der Waals surface area contributed by atoms with Gasteiger partial charge in [-0.2, -0.15) is 0 Å². The third-order valence-corrected chi connectivity index (χ3v) is 6.56. The minimum absolute atomic E-state index is 0.0791. The highest BCUT2D eigenvalue weighted by Gasteiger charge is 2.52. The maximum atomic E-state index is 11.7. The van der Waals surface area contributed by atoms with E-state index in [1.807, 2.05) is 13.8 Å². The molecule has 2 atom stereocenters. The van der Waals surface area contributed by atoms with Crippen LogP contribution in [-0.2, 0) is 20.4 Å². The number of carboxylic acid groups (broad SMARTS) is 2. The molecule has 8 heteroatoms. The topological polar surface area (TPSA) is 127 Å². The highest BCUT2D eigenvalue weighted by Crippen LogP contribution is 2.60. The van der Waals surface area contributed by atoms with Crippen LogP contribution >= 0.6 is 0 Å². The number of rotatable bonds is 6. The molecule has 3 aliphatic carbocycles. The van der Waals surface area contributed by atoms with E-state index in [9.17, 15) is 29.4 Å². The number of benzene rings is 2. The summed E-state index contributed by atoms with van der Waals surface area (Å²) in [5, 5.41) is 19.1. The second-order valence-electron chi connectivity index (χ2n) is 7.99. The summed E-state index contributed by atoms with van der Waals surface area (Å²) in [6.45, 7) is 4.36. The molecule has 2 aromatic rings. The molecule has 0 aromatic heterocycles. The van der Waals surface area contributed by atoms with Crippen LogP contribution in [0.4, 0.5) is 0 Å². The average Bonchev–Trinajstić information content (AvgIpc) is 2.70. The minimum Gasteiger partial charge on any atom is -0.478 e. The van der Waals surface area contributed by atoms with Gasteiger partial charge in [-0.05, 0) is 59.4 Å². The highest BCUT2D eigenvalue weighted by atomic mass is 16.6. The second kappa shape index (κ2) is 6.41. The Morgan fingerprint density at radius 3 is 1.40 bits per heavy atom. The van der Waals surface area contributed by atoms with Gasteiger partial charge in [-0.1, -0.05) is 13.8 Å². The standard InChI is InChI=1S/C22H18O8/c1-21-3-4-22(2,14-6-12(20(27)28)11(19(25)26)5-13(14)21)16-8-18(30-10-24)17(29-9-23)7-15(16)21/h5-10H,3-4H2,1-2H3,(H,25,26)(H,27,28). The molecule has 2 aromatic carbocycles. The number of carboxylic acids is 2. The van der Waals surface area contributed by atoms with Crippen LogP contribution < -0.4 is 9.47 Å². The Balaban J connectivity index is 2.06. The van der Waals surface area contributed by atoms with Crippen molar-refractivity contribution in [2.24, 2.45) is 0 Å². The molecule has 0 saturated heterocycles. The molecule has 0 aliphatic heterocycles. The summed E-state index contributed by atoms with van der Waals surface area (Å²) >= 11 is 0. The van der Waals surface area contributed by atoms with Crippen molar-refractivity contribution in [3.05, 3.63) is 57.6 Å². The van der Waals surface area contributed by atoms with E-state index in [0.29, 0.717) is 12.8 Å². The first-order valence-corrected chi connectivity index (χ1v) is 9.22. The Hall–Kier alpha value is -3.68. The van der Waals surface area contributed by atoms with Crippen molar-refractivity contribution in [1.29, 1.82) is 0 Å². The zero-order chi connectivity index (χ0) is 21.8. The van der Waals surface area contributed by atoms with Gasteiger partial charge in [-0.15, -0.1) is 0 Å². The van der Waals surface area contributed by atoms with E-state index in [-0.39, 0.29) is 35.6 Å². The van der Waals surface area contributed by atoms with Gasteiger partial charge in [-0.3, -0.25) is 9.59 Å². The van der Waals surface area contributed by atoms with Crippen molar-refractivity contribution in [1.82, 2.24) is 0 Å². The number of hydrogen-bond acceptors (Lipinski definition) is 6. The molecular formula is C22H18O8. The molecule has 0 saturated carbocycles. The van der Waals surface area contributed by atoms with Crippen molar-refractivity contribution in [2.75, 3.05) is 0 Å². The van der Waals surface area contributed by atoms with E-state index < -0.39 is 22.8 Å². The minimum atomic E-state index is -1.31. The van der Waals surface area contributed by atoms with E-state index in [1.54, 1.807) is 12.1 Å². The van der Waals surface area contributed by atoms with Gasteiger partial charge in [0.15, 0.2) is 11.5 Å². The number of carbonyl (C=O) groups excluding carboxylic acids is 2. The molecule has 2 unspecified atom stereocenters. The Bertz CT molecular complexity index is 1050. The quantitative estimate of drug-likeness (QED) is 0.696.